The van der Waals surface area contributed by atoms with Crippen LogP contribution in [0.1, 0.15) is 46.1 Å². The number of likely N-dealkylation sites (tertiary alicyclic amines) is 1. The third kappa shape index (κ3) is 6.05. The van der Waals surface area contributed by atoms with Crippen LogP contribution < -0.4 is 14.8 Å². The monoisotopic (exact) mass is 346 g/mol. The van der Waals surface area contributed by atoms with E-state index < -0.39 is 0 Å². The Morgan fingerprint density at radius 3 is 2.48 bits per heavy atom. The van der Waals surface area contributed by atoms with E-state index in [9.17, 15) is 0 Å². The van der Waals surface area contributed by atoms with E-state index in [2.05, 4.69) is 49.7 Å². The molecule has 0 saturated carbocycles. The number of benzene rings is 1. The molecule has 1 N–H and O–H groups in total. The SMILES string of the molecule is C=C(C)COc1cc(CNC2CCN(C(C)(C)C)CC2)ccc1OC. The van der Waals surface area contributed by atoms with E-state index in [1.54, 1.807) is 7.11 Å². The highest BCUT2D eigenvalue weighted by Crippen LogP contribution is 2.28. The molecule has 0 amide bonds. The summed E-state index contributed by atoms with van der Waals surface area (Å²) in [6, 6.07) is 6.73. The Balaban J connectivity index is 1.88. The van der Waals surface area contributed by atoms with Crippen LogP contribution in [-0.4, -0.2) is 43.3 Å². The van der Waals surface area contributed by atoms with Crippen molar-refractivity contribution in [2.75, 3.05) is 26.8 Å². The third-order valence-electron chi connectivity index (χ3n) is 4.74. The Labute approximate surface area is 153 Å². The van der Waals surface area contributed by atoms with Crippen molar-refractivity contribution in [2.45, 2.75) is 58.7 Å². The van der Waals surface area contributed by atoms with Crippen molar-refractivity contribution in [3.8, 4) is 11.5 Å². The van der Waals surface area contributed by atoms with Gasteiger partial charge in [-0.25, -0.2) is 0 Å². The fourth-order valence-corrected chi connectivity index (χ4v) is 3.16. The molecule has 1 aromatic rings. The lowest BCUT2D eigenvalue weighted by Crippen LogP contribution is -2.49. The number of hydrogen-bond donors (Lipinski definition) is 1. The van der Waals surface area contributed by atoms with Gasteiger partial charge in [0, 0.05) is 31.2 Å². The molecule has 1 aliphatic heterocycles. The van der Waals surface area contributed by atoms with Crippen LogP contribution in [0.5, 0.6) is 11.5 Å². The van der Waals surface area contributed by atoms with Gasteiger partial charge in [-0.1, -0.05) is 12.6 Å². The fourth-order valence-electron chi connectivity index (χ4n) is 3.16. The molecule has 0 atom stereocenters. The first-order valence-corrected chi connectivity index (χ1v) is 9.22. The molecule has 1 saturated heterocycles. The van der Waals surface area contributed by atoms with Gasteiger partial charge in [0.15, 0.2) is 11.5 Å². The number of hydrogen-bond acceptors (Lipinski definition) is 4. The van der Waals surface area contributed by atoms with Crippen LogP contribution in [0.15, 0.2) is 30.4 Å². The van der Waals surface area contributed by atoms with Crippen LogP contribution >= 0.6 is 0 Å². The number of nitrogens with one attached hydrogen (secondary N) is 1. The second-order valence-electron chi connectivity index (χ2n) is 8.04. The van der Waals surface area contributed by atoms with E-state index in [-0.39, 0.29) is 5.54 Å². The maximum absolute atomic E-state index is 5.81. The fraction of sp³-hybridized carbons (Fsp3) is 0.619. The highest BCUT2D eigenvalue weighted by Gasteiger charge is 2.26. The van der Waals surface area contributed by atoms with E-state index in [1.807, 2.05) is 13.0 Å². The highest BCUT2D eigenvalue weighted by molar-refractivity contribution is 5.43. The van der Waals surface area contributed by atoms with Crippen molar-refractivity contribution in [1.82, 2.24) is 10.2 Å². The molecule has 1 aromatic carbocycles. The molecular formula is C21H34N2O2. The van der Waals surface area contributed by atoms with Gasteiger partial charge in [0.05, 0.1) is 7.11 Å². The van der Waals surface area contributed by atoms with Crippen LogP contribution in [0.3, 0.4) is 0 Å². The van der Waals surface area contributed by atoms with E-state index in [0.717, 1.165) is 36.7 Å². The summed E-state index contributed by atoms with van der Waals surface area (Å²) >= 11 is 0. The van der Waals surface area contributed by atoms with E-state index >= 15 is 0 Å². The molecule has 0 aromatic heterocycles. The quantitative estimate of drug-likeness (QED) is 0.757. The third-order valence-corrected chi connectivity index (χ3v) is 4.74. The van der Waals surface area contributed by atoms with E-state index in [1.165, 1.54) is 18.4 Å². The summed E-state index contributed by atoms with van der Waals surface area (Å²) in [7, 11) is 1.67. The Kier molecular flexibility index (Phi) is 6.91. The Bertz CT molecular complexity index is 570. The summed E-state index contributed by atoms with van der Waals surface area (Å²) in [6.45, 7) is 16.4. The first-order valence-electron chi connectivity index (χ1n) is 9.22. The first kappa shape index (κ1) is 19.8. The van der Waals surface area contributed by atoms with Crippen molar-refractivity contribution in [1.29, 1.82) is 0 Å². The highest BCUT2D eigenvalue weighted by atomic mass is 16.5. The number of methoxy groups -OCH3 is 1. The number of rotatable bonds is 7. The van der Waals surface area contributed by atoms with Crippen LogP contribution in [0.4, 0.5) is 0 Å². The predicted octanol–water partition coefficient (Wildman–Crippen LogP) is 4.00. The minimum Gasteiger partial charge on any atom is -0.493 e. The topological polar surface area (TPSA) is 33.7 Å². The lowest BCUT2D eigenvalue weighted by Gasteiger charge is -2.41. The van der Waals surface area contributed by atoms with Crippen molar-refractivity contribution in [3.63, 3.8) is 0 Å². The lowest BCUT2D eigenvalue weighted by atomic mass is 9.98. The molecule has 2 rings (SSSR count). The Morgan fingerprint density at radius 1 is 1.24 bits per heavy atom. The zero-order chi connectivity index (χ0) is 18.4. The van der Waals surface area contributed by atoms with Crippen molar-refractivity contribution in [2.24, 2.45) is 0 Å². The van der Waals surface area contributed by atoms with Crippen molar-refractivity contribution >= 4 is 0 Å². The van der Waals surface area contributed by atoms with Crippen LogP contribution in [0.25, 0.3) is 0 Å². The summed E-state index contributed by atoms with van der Waals surface area (Å²) in [6.07, 6.45) is 2.40. The van der Waals surface area contributed by atoms with Crippen LogP contribution in [0, 0.1) is 0 Å². The van der Waals surface area contributed by atoms with Gasteiger partial charge in [-0.15, -0.1) is 0 Å². The molecule has 0 spiro atoms. The number of nitrogens with zero attached hydrogens (tertiary/aromatic N) is 1. The largest absolute Gasteiger partial charge is 0.493 e. The Hall–Kier alpha value is -1.52. The van der Waals surface area contributed by atoms with Crippen molar-refractivity contribution in [3.05, 3.63) is 35.9 Å². The van der Waals surface area contributed by atoms with Crippen molar-refractivity contribution < 1.29 is 9.47 Å². The van der Waals surface area contributed by atoms with Gasteiger partial charge in [-0.05, 0) is 63.8 Å². The van der Waals surface area contributed by atoms with Crippen LogP contribution in [-0.2, 0) is 6.54 Å². The summed E-state index contributed by atoms with van der Waals surface area (Å²) in [5.74, 6) is 1.55. The van der Waals surface area contributed by atoms with Gasteiger partial charge >= 0.3 is 0 Å². The smallest absolute Gasteiger partial charge is 0.161 e. The minimum atomic E-state index is 0.274. The lowest BCUT2D eigenvalue weighted by molar-refractivity contribution is 0.0960. The molecule has 0 unspecified atom stereocenters. The number of ether oxygens (including phenoxy) is 2. The van der Waals surface area contributed by atoms with Gasteiger partial charge in [-0.3, -0.25) is 4.90 Å². The van der Waals surface area contributed by atoms with Crippen LogP contribution in [0.2, 0.25) is 0 Å². The molecule has 1 fully saturated rings. The molecule has 1 aliphatic rings. The van der Waals surface area contributed by atoms with Gasteiger partial charge in [0.1, 0.15) is 6.61 Å². The second-order valence-corrected chi connectivity index (χ2v) is 8.04. The predicted molar refractivity (Wildman–Crippen MR) is 104 cm³/mol. The van der Waals surface area contributed by atoms with Gasteiger partial charge < -0.3 is 14.8 Å². The molecule has 25 heavy (non-hydrogen) atoms. The zero-order valence-electron chi connectivity index (χ0n) is 16.5. The standard InChI is InChI=1S/C21H34N2O2/c1-16(2)15-25-20-13-17(7-8-19(20)24-6)14-22-18-9-11-23(12-10-18)21(3,4)5/h7-8,13,18,22H,1,9-12,14-15H2,2-6H3. The molecular weight excluding hydrogens is 312 g/mol. The summed E-state index contributed by atoms with van der Waals surface area (Å²) in [4.78, 5) is 2.57. The molecule has 140 valence electrons. The van der Waals surface area contributed by atoms with Gasteiger partial charge in [0.2, 0.25) is 0 Å². The average molecular weight is 347 g/mol. The average Bonchev–Trinajstić information content (AvgIpc) is 2.57. The summed E-state index contributed by atoms with van der Waals surface area (Å²) in [5.41, 5.74) is 2.49. The summed E-state index contributed by atoms with van der Waals surface area (Å²) in [5, 5.41) is 3.70. The first-order chi connectivity index (χ1) is 11.8. The molecule has 1 heterocycles. The van der Waals surface area contributed by atoms with E-state index in [0.29, 0.717) is 12.6 Å². The molecule has 0 radical (unpaired) electrons. The number of piperidine rings is 1. The van der Waals surface area contributed by atoms with E-state index in [4.69, 9.17) is 9.47 Å². The minimum absolute atomic E-state index is 0.274. The Morgan fingerprint density at radius 2 is 1.92 bits per heavy atom. The normalized spacial score (nSPS) is 16.7. The maximum Gasteiger partial charge on any atom is 0.161 e. The second kappa shape index (κ2) is 8.72. The molecule has 4 heteroatoms. The van der Waals surface area contributed by atoms with Gasteiger partial charge in [-0.2, -0.15) is 0 Å². The molecule has 0 bridgehead atoms. The zero-order valence-corrected chi connectivity index (χ0v) is 16.5. The maximum atomic E-state index is 5.81. The molecule has 0 aliphatic carbocycles. The molecule has 4 nitrogen and oxygen atoms in total. The summed E-state index contributed by atoms with van der Waals surface area (Å²) < 4.78 is 11.2. The van der Waals surface area contributed by atoms with Gasteiger partial charge in [0.25, 0.3) is 0 Å².